The van der Waals surface area contributed by atoms with Gasteiger partial charge in [-0.25, -0.2) is 0 Å². The Kier molecular flexibility index (Phi) is 2.36. The second-order valence-corrected chi connectivity index (χ2v) is 4.54. The fourth-order valence-corrected chi connectivity index (χ4v) is 2.74. The van der Waals surface area contributed by atoms with E-state index in [-0.39, 0.29) is 0 Å². The fraction of sp³-hybridized carbons (Fsp3) is 0.176. The van der Waals surface area contributed by atoms with E-state index in [0.717, 1.165) is 12.8 Å². The molecular formula is C17H16. The summed E-state index contributed by atoms with van der Waals surface area (Å²) in [5, 5.41) is 0. The Morgan fingerprint density at radius 3 is 2.65 bits per heavy atom. The number of aryl methyl sites for hydroxylation is 1. The predicted octanol–water partition coefficient (Wildman–Crippen LogP) is 4.55. The Hall–Kier alpha value is -1.82. The van der Waals surface area contributed by atoms with Crippen molar-refractivity contribution in [1.82, 2.24) is 0 Å². The van der Waals surface area contributed by atoms with E-state index in [1.54, 1.807) is 0 Å². The zero-order valence-corrected chi connectivity index (χ0v) is 10.2. The first-order valence-corrected chi connectivity index (χ1v) is 6.22. The minimum absolute atomic E-state index is 1.02. The van der Waals surface area contributed by atoms with E-state index in [0.29, 0.717) is 0 Å². The maximum absolute atomic E-state index is 4.29. The molecule has 0 spiro atoms. The van der Waals surface area contributed by atoms with Gasteiger partial charge in [-0.05, 0) is 46.3 Å². The normalized spacial score (nSPS) is 17.1. The lowest BCUT2D eigenvalue weighted by atomic mass is 9.96. The zero-order chi connectivity index (χ0) is 11.8. The maximum atomic E-state index is 4.29. The van der Waals surface area contributed by atoms with Gasteiger partial charge in [-0.2, -0.15) is 0 Å². The Balaban J connectivity index is 2.28. The molecule has 2 aliphatic carbocycles. The number of allylic oxidation sites excluding steroid dienone is 7. The quantitative estimate of drug-likeness (QED) is 0.651. The van der Waals surface area contributed by atoms with Gasteiger partial charge in [-0.3, -0.25) is 0 Å². The Morgan fingerprint density at radius 2 is 1.88 bits per heavy atom. The number of benzene rings is 1. The van der Waals surface area contributed by atoms with Crippen molar-refractivity contribution in [2.75, 3.05) is 0 Å². The van der Waals surface area contributed by atoms with Crippen molar-refractivity contribution in [2.24, 2.45) is 0 Å². The lowest BCUT2D eigenvalue weighted by molar-refractivity contribution is 1.13. The van der Waals surface area contributed by atoms with Crippen molar-refractivity contribution in [3.05, 3.63) is 71.3 Å². The highest BCUT2D eigenvalue weighted by Gasteiger charge is 2.24. The molecule has 0 radical (unpaired) electrons. The molecule has 0 heterocycles. The molecule has 0 aliphatic heterocycles. The van der Waals surface area contributed by atoms with Crippen molar-refractivity contribution in [3.63, 3.8) is 0 Å². The summed E-state index contributed by atoms with van der Waals surface area (Å²) in [6.07, 6.45) is 11.0. The fourth-order valence-electron chi connectivity index (χ4n) is 2.74. The van der Waals surface area contributed by atoms with Crippen LogP contribution in [0.1, 0.15) is 30.0 Å². The van der Waals surface area contributed by atoms with Crippen molar-refractivity contribution in [2.45, 2.75) is 19.8 Å². The van der Waals surface area contributed by atoms with Gasteiger partial charge in [0.2, 0.25) is 0 Å². The van der Waals surface area contributed by atoms with E-state index in [4.69, 9.17) is 0 Å². The van der Waals surface area contributed by atoms with E-state index in [2.05, 4.69) is 56.0 Å². The molecule has 0 atom stereocenters. The predicted molar refractivity (Wildman–Crippen MR) is 74.7 cm³/mol. The lowest BCUT2D eigenvalue weighted by Crippen LogP contribution is -1.91. The Morgan fingerprint density at radius 1 is 1.12 bits per heavy atom. The standard InChI is InChI=1S/C17H16/c1-3-13-8-7-11-16-15-10-6-4-5-9-14(15)12(2)17(13)16/h5-11H,2-4H2,1H3. The maximum Gasteiger partial charge on any atom is -0.00729 e. The average molecular weight is 220 g/mol. The second-order valence-electron chi connectivity index (χ2n) is 4.54. The molecule has 84 valence electrons. The molecule has 0 aromatic heterocycles. The monoisotopic (exact) mass is 220 g/mol. The SMILES string of the molecule is C=C1C2=C(C=CCC=C2)c2cccc(CC)c21. The highest BCUT2D eigenvalue weighted by molar-refractivity contribution is 6.05. The second kappa shape index (κ2) is 3.89. The largest absolute Gasteiger partial charge is 0.0905 e. The molecule has 0 N–H and O–H groups in total. The molecule has 0 amide bonds. The molecule has 1 aromatic rings. The zero-order valence-electron chi connectivity index (χ0n) is 10.2. The molecule has 0 fully saturated rings. The highest BCUT2D eigenvalue weighted by Crippen LogP contribution is 2.44. The van der Waals surface area contributed by atoms with Crippen molar-refractivity contribution >= 4 is 11.1 Å². The molecule has 0 bridgehead atoms. The topological polar surface area (TPSA) is 0 Å². The van der Waals surface area contributed by atoms with Gasteiger partial charge in [0, 0.05) is 0 Å². The van der Waals surface area contributed by atoms with Crippen LogP contribution in [0.15, 0.2) is 54.7 Å². The van der Waals surface area contributed by atoms with Crippen molar-refractivity contribution in [1.29, 1.82) is 0 Å². The van der Waals surface area contributed by atoms with Gasteiger partial charge in [0.05, 0.1) is 0 Å². The van der Waals surface area contributed by atoms with E-state index < -0.39 is 0 Å². The van der Waals surface area contributed by atoms with Crippen LogP contribution in [0, 0.1) is 0 Å². The van der Waals surface area contributed by atoms with Crippen molar-refractivity contribution < 1.29 is 0 Å². The van der Waals surface area contributed by atoms with Crippen LogP contribution < -0.4 is 0 Å². The van der Waals surface area contributed by atoms with E-state index in [1.807, 2.05) is 0 Å². The van der Waals surface area contributed by atoms with Gasteiger partial charge < -0.3 is 0 Å². The van der Waals surface area contributed by atoms with Crippen LogP contribution >= 0.6 is 0 Å². The molecule has 0 heteroatoms. The van der Waals surface area contributed by atoms with Crippen LogP contribution in [0.5, 0.6) is 0 Å². The van der Waals surface area contributed by atoms with Gasteiger partial charge in [0.1, 0.15) is 0 Å². The van der Waals surface area contributed by atoms with Crippen LogP contribution in [0.4, 0.5) is 0 Å². The Bertz CT molecular complexity index is 580. The van der Waals surface area contributed by atoms with Crippen LogP contribution in [0.3, 0.4) is 0 Å². The van der Waals surface area contributed by atoms with Gasteiger partial charge in [-0.15, -0.1) is 0 Å². The number of hydrogen-bond acceptors (Lipinski definition) is 0. The molecule has 17 heavy (non-hydrogen) atoms. The van der Waals surface area contributed by atoms with Crippen LogP contribution in [-0.4, -0.2) is 0 Å². The van der Waals surface area contributed by atoms with Gasteiger partial charge in [0.25, 0.3) is 0 Å². The first kappa shape index (κ1) is 10.3. The van der Waals surface area contributed by atoms with Gasteiger partial charge in [0.15, 0.2) is 0 Å². The minimum Gasteiger partial charge on any atom is -0.0905 e. The molecule has 2 aliphatic rings. The molecule has 3 rings (SSSR count). The third-order valence-corrected chi connectivity index (χ3v) is 3.58. The summed E-state index contributed by atoms with van der Waals surface area (Å²) in [7, 11) is 0. The summed E-state index contributed by atoms with van der Waals surface area (Å²) in [5.41, 5.74) is 7.95. The molecule has 0 nitrogen and oxygen atoms in total. The number of rotatable bonds is 1. The summed E-state index contributed by atoms with van der Waals surface area (Å²) < 4.78 is 0. The smallest absolute Gasteiger partial charge is 0.00729 e. The first-order chi connectivity index (χ1) is 8.33. The molecule has 0 unspecified atom stereocenters. The molecule has 0 saturated carbocycles. The van der Waals surface area contributed by atoms with E-state index in [1.165, 1.54) is 33.4 Å². The number of hydrogen-bond donors (Lipinski definition) is 0. The highest BCUT2D eigenvalue weighted by atomic mass is 14.3. The molecule has 1 aromatic carbocycles. The summed E-state index contributed by atoms with van der Waals surface area (Å²) in [6, 6.07) is 6.58. The third kappa shape index (κ3) is 1.44. The van der Waals surface area contributed by atoms with Gasteiger partial charge in [-0.1, -0.05) is 56.0 Å². The van der Waals surface area contributed by atoms with Crippen LogP contribution in [-0.2, 0) is 6.42 Å². The number of fused-ring (bicyclic) bond motifs is 2. The summed E-state index contributed by atoms with van der Waals surface area (Å²) in [6.45, 7) is 6.49. The van der Waals surface area contributed by atoms with E-state index >= 15 is 0 Å². The lowest BCUT2D eigenvalue weighted by Gasteiger charge is -2.08. The first-order valence-electron chi connectivity index (χ1n) is 6.22. The van der Waals surface area contributed by atoms with Crippen LogP contribution in [0.2, 0.25) is 0 Å². The minimum atomic E-state index is 1.02. The third-order valence-electron chi connectivity index (χ3n) is 3.58. The summed E-state index contributed by atoms with van der Waals surface area (Å²) in [5.74, 6) is 0. The summed E-state index contributed by atoms with van der Waals surface area (Å²) >= 11 is 0. The Labute approximate surface area is 103 Å². The van der Waals surface area contributed by atoms with Crippen LogP contribution in [0.25, 0.3) is 11.1 Å². The van der Waals surface area contributed by atoms with Crippen molar-refractivity contribution in [3.8, 4) is 0 Å². The molecular weight excluding hydrogens is 204 g/mol. The van der Waals surface area contributed by atoms with E-state index in [9.17, 15) is 0 Å². The average Bonchev–Trinajstić information content (AvgIpc) is 2.57. The molecule has 0 saturated heterocycles. The van der Waals surface area contributed by atoms with Gasteiger partial charge >= 0.3 is 0 Å². The summed E-state index contributed by atoms with van der Waals surface area (Å²) in [4.78, 5) is 0.